The fourth-order valence-electron chi connectivity index (χ4n) is 10.6. The second-order valence-corrected chi connectivity index (χ2v) is 16.2. The van der Waals surface area contributed by atoms with Gasteiger partial charge < -0.3 is 0 Å². The summed E-state index contributed by atoms with van der Waals surface area (Å²) in [6.07, 6.45) is 17.2. The minimum atomic E-state index is 0.317. The number of carbonyl (C=O) groups is 1. The van der Waals surface area contributed by atoms with Crippen molar-refractivity contribution in [2.45, 2.75) is 123 Å². The molecule has 0 amide bonds. The van der Waals surface area contributed by atoms with E-state index in [4.69, 9.17) is 0 Å². The first kappa shape index (κ1) is 28.8. The zero-order valence-electron chi connectivity index (χ0n) is 25.2. The van der Waals surface area contributed by atoms with Crippen LogP contribution in [0.2, 0.25) is 0 Å². The van der Waals surface area contributed by atoms with E-state index in [0.29, 0.717) is 28.4 Å². The van der Waals surface area contributed by atoms with Gasteiger partial charge in [-0.1, -0.05) is 72.1 Å². The van der Waals surface area contributed by atoms with Crippen LogP contribution >= 0.6 is 11.8 Å². The Labute approximate surface area is 239 Å². The third-order valence-electron chi connectivity index (χ3n) is 12.6. The second kappa shape index (κ2) is 12.0. The first-order chi connectivity index (χ1) is 18.2. The molecule has 0 aromatic heterocycles. The highest BCUT2D eigenvalue weighted by Crippen LogP contribution is 2.68. The minimum absolute atomic E-state index is 0.317. The Bertz CT molecular complexity index is 925. The van der Waals surface area contributed by atoms with Crippen molar-refractivity contribution in [3.63, 3.8) is 0 Å². The third kappa shape index (κ3) is 5.69. The van der Waals surface area contributed by atoms with Gasteiger partial charge in [0, 0.05) is 17.2 Å². The van der Waals surface area contributed by atoms with Crippen LogP contribution in [-0.2, 0) is 4.79 Å². The van der Waals surface area contributed by atoms with Gasteiger partial charge in [0.2, 0.25) is 0 Å². The number of benzene rings is 1. The van der Waals surface area contributed by atoms with Gasteiger partial charge in [-0.15, -0.1) is 11.8 Å². The van der Waals surface area contributed by atoms with Gasteiger partial charge in [-0.25, -0.2) is 0 Å². The molecule has 0 spiro atoms. The highest BCUT2D eigenvalue weighted by atomic mass is 32.2. The number of ketones is 1. The summed E-state index contributed by atoms with van der Waals surface area (Å²) < 4.78 is 0. The van der Waals surface area contributed by atoms with Crippen molar-refractivity contribution < 1.29 is 4.79 Å². The molecule has 2 heteroatoms. The molecule has 4 saturated carbocycles. The fourth-order valence-corrected chi connectivity index (χ4v) is 11.5. The van der Waals surface area contributed by atoms with Crippen molar-refractivity contribution in [1.29, 1.82) is 0 Å². The van der Waals surface area contributed by atoms with Crippen LogP contribution in [0.1, 0.15) is 118 Å². The number of thioether (sulfide) groups is 1. The average Bonchev–Trinajstić information content (AvgIpc) is 3.25. The van der Waals surface area contributed by atoms with Crippen molar-refractivity contribution in [2.24, 2.45) is 58.2 Å². The summed E-state index contributed by atoms with van der Waals surface area (Å²) in [5, 5.41) is 0. The van der Waals surface area contributed by atoms with Gasteiger partial charge >= 0.3 is 0 Å². The lowest BCUT2D eigenvalue weighted by molar-refractivity contribution is -0.148. The van der Waals surface area contributed by atoms with Crippen LogP contribution in [0.4, 0.5) is 0 Å². The Kier molecular flexibility index (Phi) is 9.08. The number of fused-ring (bicyclic) bond motifs is 5. The highest BCUT2D eigenvalue weighted by Gasteiger charge is 2.61. The predicted molar refractivity (Wildman–Crippen MR) is 163 cm³/mol. The molecule has 9 atom stereocenters. The molecule has 1 nitrogen and oxygen atoms in total. The van der Waals surface area contributed by atoms with Crippen LogP contribution in [-0.4, -0.2) is 11.5 Å². The average molecular weight is 537 g/mol. The lowest BCUT2D eigenvalue weighted by atomic mass is 9.43. The summed E-state index contributed by atoms with van der Waals surface area (Å²) in [7, 11) is 0. The lowest BCUT2D eigenvalue weighted by Crippen LogP contribution is -2.55. The molecular formula is C36H56OS. The molecule has 0 N–H and O–H groups in total. The number of hydrogen-bond donors (Lipinski definition) is 0. The normalized spacial score (nSPS) is 39.5. The number of Topliss-reactive ketones (excluding diaryl/α,β-unsaturated/α-hetero) is 1. The van der Waals surface area contributed by atoms with Gasteiger partial charge in [0.25, 0.3) is 0 Å². The van der Waals surface area contributed by atoms with Gasteiger partial charge in [0.05, 0.1) is 0 Å². The Morgan fingerprint density at radius 2 is 1.66 bits per heavy atom. The van der Waals surface area contributed by atoms with Crippen LogP contribution in [0.15, 0.2) is 35.2 Å². The van der Waals surface area contributed by atoms with E-state index in [1.807, 2.05) is 11.8 Å². The van der Waals surface area contributed by atoms with E-state index >= 15 is 0 Å². The molecule has 0 saturated heterocycles. The van der Waals surface area contributed by atoms with Crippen molar-refractivity contribution in [3.05, 3.63) is 30.3 Å². The zero-order chi connectivity index (χ0) is 26.9. The van der Waals surface area contributed by atoms with E-state index < -0.39 is 0 Å². The maximum absolute atomic E-state index is 13.3. The van der Waals surface area contributed by atoms with Crippen molar-refractivity contribution in [1.82, 2.24) is 0 Å². The van der Waals surface area contributed by atoms with Crippen molar-refractivity contribution in [3.8, 4) is 0 Å². The molecule has 4 fully saturated rings. The van der Waals surface area contributed by atoms with E-state index in [-0.39, 0.29) is 0 Å². The molecule has 4 aliphatic carbocycles. The maximum Gasteiger partial charge on any atom is 0.136 e. The Morgan fingerprint density at radius 3 is 2.42 bits per heavy atom. The Balaban J connectivity index is 1.21. The topological polar surface area (TPSA) is 17.1 Å². The molecule has 0 heterocycles. The van der Waals surface area contributed by atoms with Gasteiger partial charge in [0.1, 0.15) is 5.78 Å². The van der Waals surface area contributed by atoms with E-state index in [0.717, 1.165) is 54.1 Å². The molecule has 4 aliphatic rings. The van der Waals surface area contributed by atoms with Crippen LogP contribution in [0.3, 0.4) is 0 Å². The van der Waals surface area contributed by atoms with Gasteiger partial charge in [-0.2, -0.15) is 0 Å². The Morgan fingerprint density at radius 1 is 0.895 bits per heavy atom. The molecule has 0 radical (unpaired) electrons. The van der Waals surface area contributed by atoms with Crippen LogP contribution in [0.5, 0.6) is 0 Å². The standard InChI is InChI=1S/C36H56OS/c1-25(2)11-9-12-26(3)31-18-19-32-30-17-16-28-23-34(37)27(13-10-22-38-29-14-7-6-8-15-29)24-36(28,5)33(30)20-21-35(31,32)4/h6-8,14-15,25-28,30-33H,9-13,16-24H2,1-5H3/t26-,27-,28+,30+,31-,32+,33+,35-,36+/m1/s1. The maximum atomic E-state index is 13.3. The minimum Gasteiger partial charge on any atom is -0.299 e. The highest BCUT2D eigenvalue weighted by molar-refractivity contribution is 7.99. The van der Waals surface area contributed by atoms with Crippen molar-refractivity contribution in [2.75, 3.05) is 5.75 Å². The first-order valence-corrected chi connectivity index (χ1v) is 17.4. The lowest BCUT2D eigenvalue weighted by Gasteiger charge is -2.61. The summed E-state index contributed by atoms with van der Waals surface area (Å²) in [5.41, 5.74) is 0.969. The molecule has 1 aromatic carbocycles. The van der Waals surface area contributed by atoms with E-state index in [9.17, 15) is 4.79 Å². The van der Waals surface area contributed by atoms with Gasteiger partial charge in [0.15, 0.2) is 0 Å². The largest absolute Gasteiger partial charge is 0.299 e. The first-order valence-electron chi connectivity index (χ1n) is 16.4. The monoisotopic (exact) mass is 536 g/mol. The quantitative estimate of drug-likeness (QED) is 0.218. The molecule has 0 aliphatic heterocycles. The second-order valence-electron chi connectivity index (χ2n) is 15.1. The molecule has 0 bridgehead atoms. The molecule has 1 aromatic rings. The molecule has 0 unspecified atom stereocenters. The van der Waals surface area contributed by atoms with E-state index in [1.54, 1.807) is 0 Å². The van der Waals surface area contributed by atoms with E-state index in [2.05, 4.69) is 65.0 Å². The van der Waals surface area contributed by atoms with Crippen LogP contribution in [0, 0.1) is 58.2 Å². The summed E-state index contributed by atoms with van der Waals surface area (Å²) in [6.45, 7) is 12.7. The SMILES string of the molecule is CC(C)CCC[C@@H](C)[C@H]1CC[C@H]2[C@@H]3CC[C@H]4CC(=O)[C@H](CCCSc5ccccc5)C[C@]4(C)[C@H]3CC[C@]12C. The number of carbonyl (C=O) groups excluding carboxylic acids is 1. The van der Waals surface area contributed by atoms with Crippen LogP contribution < -0.4 is 0 Å². The Hall–Kier alpha value is -0.760. The summed E-state index contributed by atoms with van der Waals surface area (Å²) >= 11 is 1.96. The molecule has 5 rings (SSSR count). The number of rotatable bonds is 10. The third-order valence-corrected chi connectivity index (χ3v) is 13.7. The molecule has 212 valence electrons. The molecular weight excluding hydrogens is 480 g/mol. The fraction of sp³-hybridized carbons (Fsp3) is 0.806. The van der Waals surface area contributed by atoms with Gasteiger partial charge in [-0.3, -0.25) is 4.79 Å². The smallest absolute Gasteiger partial charge is 0.136 e. The molecule has 38 heavy (non-hydrogen) atoms. The predicted octanol–water partition coefficient (Wildman–Crippen LogP) is 10.5. The van der Waals surface area contributed by atoms with E-state index in [1.165, 1.54) is 75.5 Å². The summed E-state index contributed by atoms with van der Waals surface area (Å²) in [6, 6.07) is 10.8. The van der Waals surface area contributed by atoms with Crippen molar-refractivity contribution >= 4 is 17.5 Å². The summed E-state index contributed by atoms with van der Waals surface area (Å²) in [5.74, 6) is 8.11. The summed E-state index contributed by atoms with van der Waals surface area (Å²) in [4.78, 5) is 14.6. The number of hydrogen-bond acceptors (Lipinski definition) is 2. The van der Waals surface area contributed by atoms with Crippen LogP contribution in [0.25, 0.3) is 0 Å². The van der Waals surface area contributed by atoms with Gasteiger partial charge in [-0.05, 0) is 128 Å². The zero-order valence-corrected chi connectivity index (χ0v) is 26.0.